The second-order valence-corrected chi connectivity index (χ2v) is 5.84. The fraction of sp³-hybridized carbons (Fsp3) is 0.600. The Kier molecular flexibility index (Phi) is 4.42. The molecule has 0 amide bonds. The lowest BCUT2D eigenvalue weighted by atomic mass is 10.1. The van der Waals surface area contributed by atoms with Gasteiger partial charge in [-0.2, -0.15) is 0 Å². The summed E-state index contributed by atoms with van der Waals surface area (Å²) in [5, 5.41) is 9.73. The van der Waals surface area contributed by atoms with E-state index in [0.29, 0.717) is 5.69 Å². The first-order chi connectivity index (χ1) is 8.96. The highest BCUT2D eigenvalue weighted by Gasteiger charge is 2.21. The average Bonchev–Trinajstić information content (AvgIpc) is 2.37. The van der Waals surface area contributed by atoms with Gasteiger partial charge >= 0.3 is 0 Å². The van der Waals surface area contributed by atoms with Crippen LogP contribution >= 0.6 is 0 Å². The van der Waals surface area contributed by atoms with E-state index < -0.39 is 5.60 Å². The van der Waals surface area contributed by atoms with Crippen LogP contribution in [0.3, 0.4) is 0 Å². The van der Waals surface area contributed by atoms with E-state index >= 15 is 0 Å². The predicted octanol–water partition coefficient (Wildman–Crippen LogP) is 2.11. The fourth-order valence-corrected chi connectivity index (χ4v) is 2.35. The Hall–Kier alpha value is -1.13. The zero-order valence-corrected chi connectivity index (χ0v) is 11.8. The lowest BCUT2D eigenvalue weighted by molar-refractivity contribution is 0.0569. The van der Waals surface area contributed by atoms with E-state index in [2.05, 4.69) is 9.80 Å². The summed E-state index contributed by atoms with van der Waals surface area (Å²) in [4.78, 5) is 4.42. The van der Waals surface area contributed by atoms with Gasteiger partial charge in [0.2, 0.25) is 0 Å². The highest BCUT2D eigenvalue weighted by atomic mass is 19.1. The van der Waals surface area contributed by atoms with Crippen molar-refractivity contribution in [1.82, 2.24) is 4.90 Å². The quantitative estimate of drug-likeness (QED) is 0.904. The van der Waals surface area contributed by atoms with Crippen molar-refractivity contribution in [1.29, 1.82) is 0 Å². The number of para-hydroxylation sites is 1. The van der Waals surface area contributed by atoms with E-state index in [1.807, 2.05) is 26.0 Å². The smallest absolute Gasteiger partial charge is 0.146 e. The van der Waals surface area contributed by atoms with Gasteiger partial charge in [0, 0.05) is 32.7 Å². The SMILES string of the molecule is CC(C)(O)CCN1CCN(c2ccccc2F)CC1. The molecule has 1 aliphatic rings. The number of anilines is 1. The summed E-state index contributed by atoms with van der Waals surface area (Å²) in [6.45, 7) is 8.09. The standard InChI is InChI=1S/C15H23FN2O/c1-15(2,19)7-8-17-9-11-18(12-10-17)14-6-4-3-5-13(14)16/h3-6,19H,7-12H2,1-2H3. The fourth-order valence-electron chi connectivity index (χ4n) is 2.35. The molecule has 1 aliphatic heterocycles. The van der Waals surface area contributed by atoms with Gasteiger partial charge in [-0.3, -0.25) is 4.90 Å². The molecule has 0 aromatic heterocycles. The van der Waals surface area contributed by atoms with Gasteiger partial charge in [0.25, 0.3) is 0 Å². The van der Waals surface area contributed by atoms with Crippen molar-refractivity contribution < 1.29 is 9.50 Å². The molecule has 1 fully saturated rings. The van der Waals surface area contributed by atoms with Crippen molar-refractivity contribution >= 4 is 5.69 Å². The van der Waals surface area contributed by atoms with Crippen molar-refractivity contribution in [2.45, 2.75) is 25.9 Å². The zero-order valence-electron chi connectivity index (χ0n) is 11.8. The molecule has 0 radical (unpaired) electrons. The van der Waals surface area contributed by atoms with E-state index in [-0.39, 0.29) is 5.82 Å². The number of rotatable bonds is 4. The number of hydrogen-bond acceptors (Lipinski definition) is 3. The Morgan fingerprint density at radius 3 is 2.37 bits per heavy atom. The Morgan fingerprint density at radius 1 is 1.16 bits per heavy atom. The third-order valence-corrected chi connectivity index (χ3v) is 3.61. The van der Waals surface area contributed by atoms with E-state index in [0.717, 1.165) is 39.1 Å². The topological polar surface area (TPSA) is 26.7 Å². The molecule has 0 unspecified atom stereocenters. The maximum absolute atomic E-state index is 13.7. The first-order valence-corrected chi connectivity index (χ1v) is 6.90. The highest BCUT2D eigenvalue weighted by Crippen LogP contribution is 2.20. The molecule has 0 spiro atoms. The first-order valence-electron chi connectivity index (χ1n) is 6.90. The molecule has 19 heavy (non-hydrogen) atoms. The van der Waals surface area contributed by atoms with Gasteiger partial charge in [-0.1, -0.05) is 12.1 Å². The third-order valence-electron chi connectivity index (χ3n) is 3.61. The molecule has 0 aliphatic carbocycles. The van der Waals surface area contributed by atoms with E-state index in [4.69, 9.17) is 0 Å². The molecule has 1 N–H and O–H groups in total. The van der Waals surface area contributed by atoms with Crippen LogP contribution in [0, 0.1) is 5.82 Å². The second kappa shape index (κ2) is 5.88. The van der Waals surface area contributed by atoms with Gasteiger partial charge in [-0.05, 0) is 32.4 Å². The van der Waals surface area contributed by atoms with E-state index in [9.17, 15) is 9.50 Å². The maximum Gasteiger partial charge on any atom is 0.146 e. The molecule has 106 valence electrons. The molecular weight excluding hydrogens is 243 g/mol. The normalized spacial score (nSPS) is 17.8. The van der Waals surface area contributed by atoms with Gasteiger partial charge in [-0.15, -0.1) is 0 Å². The van der Waals surface area contributed by atoms with Gasteiger partial charge in [0.05, 0.1) is 11.3 Å². The van der Waals surface area contributed by atoms with Crippen LogP contribution in [0.5, 0.6) is 0 Å². The first kappa shape index (κ1) is 14.3. The number of piperazine rings is 1. The Balaban J connectivity index is 1.84. The number of benzene rings is 1. The summed E-state index contributed by atoms with van der Waals surface area (Å²) in [5.74, 6) is -0.146. The molecule has 3 nitrogen and oxygen atoms in total. The molecule has 0 saturated carbocycles. The maximum atomic E-state index is 13.7. The predicted molar refractivity (Wildman–Crippen MR) is 76.0 cm³/mol. The molecule has 0 bridgehead atoms. The minimum absolute atomic E-state index is 0.146. The van der Waals surface area contributed by atoms with Gasteiger partial charge in [-0.25, -0.2) is 4.39 Å². The highest BCUT2D eigenvalue weighted by molar-refractivity contribution is 5.47. The van der Waals surface area contributed by atoms with Crippen LogP contribution in [0.25, 0.3) is 0 Å². The number of halogens is 1. The largest absolute Gasteiger partial charge is 0.390 e. The Labute approximate surface area is 114 Å². The molecule has 4 heteroatoms. The third kappa shape index (κ3) is 4.18. The van der Waals surface area contributed by atoms with Crippen molar-refractivity contribution in [3.05, 3.63) is 30.1 Å². The van der Waals surface area contributed by atoms with Crippen LogP contribution in [0.15, 0.2) is 24.3 Å². The number of nitrogens with zero attached hydrogens (tertiary/aromatic N) is 2. The van der Waals surface area contributed by atoms with Gasteiger partial charge < -0.3 is 10.0 Å². The molecule has 1 aromatic carbocycles. The number of aliphatic hydroxyl groups is 1. The monoisotopic (exact) mass is 266 g/mol. The minimum Gasteiger partial charge on any atom is -0.390 e. The van der Waals surface area contributed by atoms with E-state index in [1.54, 1.807) is 6.07 Å². The molecule has 0 atom stereocenters. The second-order valence-electron chi connectivity index (χ2n) is 5.84. The molecular formula is C15H23FN2O. The van der Waals surface area contributed by atoms with Gasteiger partial charge in [0.15, 0.2) is 0 Å². The zero-order chi connectivity index (χ0) is 13.9. The van der Waals surface area contributed by atoms with Crippen LogP contribution in [0.2, 0.25) is 0 Å². The Bertz CT molecular complexity index is 409. The van der Waals surface area contributed by atoms with Crippen LogP contribution in [-0.4, -0.2) is 48.3 Å². The van der Waals surface area contributed by atoms with Crippen molar-refractivity contribution in [2.24, 2.45) is 0 Å². The van der Waals surface area contributed by atoms with Gasteiger partial charge in [0.1, 0.15) is 5.82 Å². The molecule has 1 saturated heterocycles. The van der Waals surface area contributed by atoms with Crippen molar-refractivity contribution in [2.75, 3.05) is 37.6 Å². The van der Waals surface area contributed by atoms with Crippen LogP contribution in [-0.2, 0) is 0 Å². The van der Waals surface area contributed by atoms with Crippen LogP contribution < -0.4 is 4.90 Å². The summed E-state index contributed by atoms with van der Waals surface area (Å²) in [5.41, 5.74) is 0.0903. The van der Waals surface area contributed by atoms with Crippen molar-refractivity contribution in [3.8, 4) is 0 Å². The summed E-state index contributed by atoms with van der Waals surface area (Å²) in [7, 11) is 0. The molecule has 1 aromatic rings. The summed E-state index contributed by atoms with van der Waals surface area (Å²) >= 11 is 0. The van der Waals surface area contributed by atoms with Crippen LogP contribution in [0.1, 0.15) is 20.3 Å². The lowest BCUT2D eigenvalue weighted by Gasteiger charge is -2.37. The summed E-state index contributed by atoms with van der Waals surface area (Å²) in [6.07, 6.45) is 0.771. The van der Waals surface area contributed by atoms with Crippen molar-refractivity contribution in [3.63, 3.8) is 0 Å². The van der Waals surface area contributed by atoms with E-state index in [1.165, 1.54) is 6.07 Å². The average molecular weight is 266 g/mol. The number of hydrogen-bond donors (Lipinski definition) is 1. The Morgan fingerprint density at radius 2 is 1.79 bits per heavy atom. The summed E-state index contributed by atoms with van der Waals surface area (Å²) < 4.78 is 13.7. The molecule has 1 heterocycles. The lowest BCUT2D eigenvalue weighted by Crippen LogP contribution is -2.47. The molecule has 2 rings (SSSR count). The van der Waals surface area contributed by atoms with Crippen LogP contribution in [0.4, 0.5) is 10.1 Å². The summed E-state index contributed by atoms with van der Waals surface area (Å²) in [6, 6.07) is 6.94. The minimum atomic E-state index is -0.608.